The molecule has 2 atom stereocenters. The van der Waals surface area contributed by atoms with E-state index < -0.39 is 15.9 Å². The van der Waals surface area contributed by atoms with Gasteiger partial charge in [0.25, 0.3) is 0 Å². The second-order valence-corrected chi connectivity index (χ2v) is 6.03. The van der Waals surface area contributed by atoms with Crippen LogP contribution in [0.1, 0.15) is 6.42 Å². The lowest BCUT2D eigenvalue weighted by atomic mass is 10.3. The summed E-state index contributed by atoms with van der Waals surface area (Å²) in [7, 11) is -2.95. The lowest BCUT2D eigenvalue weighted by Crippen LogP contribution is -2.36. The van der Waals surface area contributed by atoms with E-state index in [0.717, 1.165) is 0 Å². The fourth-order valence-corrected chi connectivity index (χ4v) is 3.12. The lowest BCUT2D eigenvalue weighted by Gasteiger charge is -2.10. The van der Waals surface area contributed by atoms with Crippen LogP contribution in [0.25, 0.3) is 0 Å². The number of sulfone groups is 1. The van der Waals surface area contributed by atoms with Crippen molar-refractivity contribution in [1.82, 2.24) is 5.32 Å². The van der Waals surface area contributed by atoms with Gasteiger partial charge in [-0.2, -0.15) is 0 Å². The summed E-state index contributed by atoms with van der Waals surface area (Å²) < 4.78 is 31.9. The molecule has 2 aliphatic heterocycles. The number of carbonyl (C=O) groups is 1. The molecule has 2 rings (SSSR count). The van der Waals surface area contributed by atoms with Gasteiger partial charge in [0.2, 0.25) is 0 Å². The van der Waals surface area contributed by atoms with E-state index in [1.165, 1.54) is 0 Å². The molecular formula is C8H13NO5S. The average Bonchev–Trinajstić information content (AvgIpc) is 2.89. The number of hydrogen-bond acceptors (Lipinski definition) is 5. The van der Waals surface area contributed by atoms with Crippen molar-refractivity contribution in [2.45, 2.75) is 18.6 Å². The third-order valence-corrected chi connectivity index (χ3v) is 4.13. The molecule has 1 N–H and O–H groups in total. The topological polar surface area (TPSA) is 85.0 Å². The van der Waals surface area contributed by atoms with Gasteiger partial charge in [-0.25, -0.2) is 13.2 Å². The van der Waals surface area contributed by atoms with Crippen LogP contribution in [0.3, 0.4) is 0 Å². The number of rotatable bonds is 3. The minimum atomic E-state index is -2.95. The van der Waals surface area contributed by atoms with Crippen molar-refractivity contribution in [3.8, 4) is 0 Å². The Hall–Kier alpha value is -0.820. The van der Waals surface area contributed by atoms with Gasteiger partial charge < -0.3 is 14.8 Å². The molecule has 86 valence electrons. The summed E-state index contributed by atoms with van der Waals surface area (Å²) >= 11 is 0. The maximum Gasteiger partial charge on any atom is 0.407 e. The quantitative estimate of drug-likeness (QED) is 0.654. The number of alkyl carbamates (subject to hydrolysis) is 1. The van der Waals surface area contributed by atoms with Crippen molar-refractivity contribution in [3.05, 3.63) is 0 Å². The fourth-order valence-electron chi connectivity index (χ4n) is 1.45. The predicted octanol–water partition coefficient (Wildman–Crippen LogP) is -0.702. The van der Waals surface area contributed by atoms with Crippen LogP contribution in [0.5, 0.6) is 0 Å². The second kappa shape index (κ2) is 3.97. The second-order valence-electron chi connectivity index (χ2n) is 3.80. The smallest absolute Gasteiger partial charge is 0.407 e. The van der Waals surface area contributed by atoms with Crippen molar-refractivity contribution in [1.29, 1.82) is 0 Å². The first kappa shape index (κ1) is 10.7. The summed E-state index contributed by atoms with van der Waals surface area (Å²) in [5, 5.41) is 2.52. The molecule has 7 heteroatoms. The van der Waals surface area contributed by atoms with Gasteiger partial charge in [0.15, 0.2) is 9.84 Å². The first-order chi connectivity index (χ1) is 7.05. The molecule has 0 aromatic heterocycles. The zero-order valence-electron chi connectivity index (χ0n) is 8.14. The highest BCUT2D eigenvalue weighted by Gasteiger charge is 2.30. The van der Waals surface area contributed by atoms with E-state index in [4.69, 9.17) is 9.47 Å². The molecule has 0 aromatic rings. The van der Waals surface area contributed by atoms with Crippen molar-refractivity contribution in [3.63, 3.8) is 0 Å². The third kappa shape index (κ3) is 3.35. The summed E-state index contributed by atoms with van der Waals surface area (Å²) in [4.78, 5) is 11.2. The number of nitrogens with one attached hydrogen (secondary N) is 1. The van der Waals surface area contributed by atoms with E-state index in [0.29, 0.717) is 13.0 Å². The SMILES string of the molecule is O=C(N[C@H]1CCS(=O)(=O)C1)OC[C@@H]1CO1. The maximum absolute atomic E-state index is 11.2. The summed E-state index contributed by atoms with van der Waals surface area (Å²) in [5.74, 6) is 0.158. The molecule has 2 saturated heterocycles. The normalized spacial score (nSPS) is 32.3. The number of ether oxygens (including phenoxy) is 2. The molecule has 0 radical (unpaired) electrons. The zero-order valence-corrected chi connectivity index (χ0v) is 8.96. The van der Waals surface area contributed by atoms with Gasteiger partial charge in [-0.05, 0) is 6.42 Å². The number of epoxide rings is 1. The van der Waals surface area contributed by atoms with Gasteiger partial charge in [0.05, 0.1) is 18.1 Å². The van der Waals surface area contributed by atoms with Gasteiger partial charge in [-0.15, -0.1) is 0 Å². The summed E-state index contributed by atoms with van der Waals surface area (Å²) in [6.45, 7) is 0.871. The average molecular weight is 235 g/mol. The molecule has 15 heavy (non-hydrogen) atoms. The molecule has 2 fully saturated rings. The van der Waals surface area contributed by atoms with Crippen molar-refractivity contribution >= 4 is 15.9 Å². The van der Waals surface area contributed by atoms with Crippen LogP contribution in [0.2, 0.25) is 0 Å². The molecule has 0 saturated carbocycles. The molecule has 0 unspecified atom stereocenters. The molecule has 0 aliphatic carbocycles. The molecule has 2 heterocycles. The Morgan fingerprint density at radius 3 is 2.80 bits per heavy atom. The molecule has 0 aromatic carbocycles. The Labute approximate surface area is 87.8 Å². The Morgan fingerprint density at radius 1 is 1.53 bits per heavy atom. The summed E-state index contributed by atoms with van der Waals surface area (Å²) in [5.41, 5.74) is 0. The molecule has 6 nitrogen and oxygen atoms in total. The van der Waals surface area contributed by atoms with Gasteiger partial charge in [-0.3, -0.25) is 0 Å². The van der Waals surface area contributed by atoms with E-state index in [-0.39, 0.29) is 30.3 Å². The maximum atomic E-state index is 11.2. The van der Waals surface area contributed by atoms with Gasteiger partial charge in [0.1, 0.15) is 12.7 Å². The minimum Gasteiger partial charge on any atom is -0.447 e. The highest BCUT2D eigenvalue weighted by Crippen LogP contribution is 2.12. The number of carbonyl (C=O) groups excluding carboxylic acids is 1. The van der Waals surface area contributed by atoms with Gasteiger partial charge >= 0.3 is 6.09 Å². The minimum absolute atomic E-state index is 0.0159. The van der Waals surface area contributed by atoms with Crippen LogP contribution in [-0.2, 0) is 19.3 Å². The molecular weight excluding hydrogens is 222 g/mol. The number of hydrogen-bond donors (Lipinski definition) is 1. The van der Waals surface area contributed by atoms with E-state index in [1.54, 1.807) is 0 Å². The fraction of sp³-hybridized carbons (Fsp3) is 0.875. The van der Waals surface area contributed by atoms with Crippen LogP contribution < -0.4 is 5.32 Å². The van der Waals surface area contributed by atoms with Crippen molar-refractivity contribution in [2.24, 2.45) is 0 Å². The molecule has 0 bridgehead atoms. The van der Waals surface area contributed by atoms with Gasteiger partial charge in [0, 0.05) is 6.04 Å². The first-order valence-corrected chi connectivity index (χ1v) is 6.63. The van der Waals surface area contributed by atoms with Crippen molar-refractivity contribution < 1.29 is 22.7 Å². The highest BCUT2D eigenvalue weighted by atomic mass is 32.2. The molecule has 0 spiro atoms. The third-order valence-electron chi connectivity index (χ3n) is 2.36. The Balaban J connectivity index is 1.69. The zero-order chi connectivity index (χ0) is 10.9. The Morgan fingerprint density at radius 2 is 2.27 bits per heavy atom. The largest absolute Gasteiger partial charge is 0.447 e. The summed E-state index contributed by atoms with van der Waals surface area (Å²) in [6, 6.07) is -0.303. The molecule has 2 aliphatic rings. The molecule has 1 amide bonds. The van der Waals surface area contributed by atoms with Crippen molar-refractivity contribution in [2.75, 3.05) is 24.7 Å². The Bertz CT molecular complexity index is 348. The van der Waals surface area contributed by atoms with Crippen LogP contribution in [-0.4, -0.2) is 51.4 Å². The van der Waals surface area contributed by atoms with E-state index in [9.17, 15) is 13.2 Å². The highest BCUT2D eigenvalue weighted by molar-refractivity contribution is 7.91. The lowest BCUT2D eigenvalue weighted by molar-refractivity contribution is 0.133. The van der Waals surface area contributed by atoms with E-state index in [1.807, 2.05) is 0 Å². The van der Waals surface area contributed by atoms with Crippen LogP contribution in [0.15, 0.2) is 0 Å². The standard InChI is InChI=1S/C8H13NO5S/c10-8(14-4-7-3-13-7)9-6-1-2-15(11,12)5-6/h6-7H,1-5H2,(H,9,10)/t6-,7-/m0/s1. The monoisotopic (exact) mass is 235 g/mol. The van der Waals surface area contributed by atoms with Crippen LogP contribution in [0, 0.1) is 0 Å². The van der Waals surface area contributed by atoms with Crippen LogP contribution in [0.4, 0.5) is 4.79 Å². The predicted molar refractivity (Wildman–Crippen MR) is 51.3 cm³/mol. The number of amides is 1. The summed E-state index contributed by atoms with van der Waals surface area (Å²) in [6.07, 6.45) is -0.0622. The van der Waals surface area contributed by atoms with Gasteiger partial charge in [-0.1, -0.05) is 0 Å². The van der Waals surface area contributed by atoms with Crippen LogP contribution >= 0.6 is 0 Å². The van der Waals surface area contributed by atoms with E-state index in [2.05, 4.69) is 5.32 Å². The van der Waals surface area contributed by atoms with E-state index >= 15 is 0 Å². The first-order valence-electron chi connectivity index (χ1n) is 4.80. The Kier molecular flexibility index (Phi) is 2.83.